The Bertz CT molecular complexity index is 1140. The molecular weight excluding hydrogens is 390 g/mol. The highest BCUT2D eigenvalue weighted by atomic mass is 16.2. The molecule has 1 saturated heterocycles. The minimum Gasteiger partial charge on any atom is -0.303 e. The average Bonchev–Trinajstić information content (AvgIpc) is 2.81. The number of nitrogens with zero attached hydrogens (tertiary/aromatic N) is 4. The lowest BCUT2D eigenvalue weighted by molar-refractivity contribution is 0.0949. The number of hydrogen-bond acceptors (Lipinski definition) is 5. The molecule has 1 aliphatic heterocycles. The summed E-state index contributed by atoms with van der Waals surface area (Å²) in [7, 11) is 0. The van der Waals surface area contributed by atoms with Gasteiger partial charge in [0, 0.05) is 37.0 Å². The van der Waals surface area contributed by atoms with E-state index in [1.807, 2.05) is 30.3 Å². The molecule has 0 bridgehead atoms. The number of carbonyl (C=O) groups excluding carboxylic acids is 1. The van der Waals surface area contributed by atoms with E-state index in [2.05, 4.69) is 27.4 Å². The second-order valence-corrected chi connectivity index (χ2v) is 7.80. The number of hydrazone groups is 1. The number of fused-ring (bicyclic) bond motifs is 1. The number of hydrogen-bond donors (Lipinski definition) is 1. The predicted octanol–water partition coefficient (Wildman–Crippen LogP) is 3.04. The standard InChI is InChI=1S/C24H27N5O2/c1-2-14-28-15-12-19(13-16-28)25-26-23(30)22-20-10-6-7-11-21(20)24(31)29(27-22)17-18-8-4-3-5-9-18/h3-11H,2,12-17H2,1H3,(H,26,30). The van der Waals surface area contributed by atoms with Gasteiger partial charge >= 0.3 is 0 Å². The van der Waals surface area contributed by atoms with E-state index in [4.69, 9.17) is 0 Å². The summed E-state index contributed by atoms with van der Waals surface area (Å²) in [6.45, 7) is 5.50. The minimum absolute atomic E-state index is 0.207. The van der Waals surface area contributed by atoms with E-state index in [9.17, 15) is 9.59 Å². The lowest BCUT2D eigenvalue weighted by Gasteiger charge is -2.26. The Morgan fingerprint density at radius 1 is 1.03 bits per heavy atom. The van der Waals surface area contributed by atoms with Crippen LogP contribution in [0.5, 0.6) is 0 Å². The summed E-state index contributed by atoms with van der Waals surface area (Å²) in [6.07, 6.45) is 2.84. The second kappa shape index (κ2) is 9.66. The summed E-state index contributed by atoms with van der Waals surface area (Å²) < 4.78 is 1.35. The van der Waals surface area contributed by atoms with Crippen LogP contribution in [-0.4, -0.2) is 45.9 Å². The molecule has 0 aliphatic carbocycles. The second-order valence-electron chi connectivity index (χ2n) is 7.80. The highest BCUT2D eigenvalue weighted by Crippen LogP contribution is 2.14. The Labute approximate surface area is 181 Å². The summed E-state index contributed by atoms with van der Waals surface area (Å²) in [4.78, 5) is 28.3. The molecule has 3 aromatic rings. The van der Waals surface area contributed by atoms with Crippen LogP contribution in [-0.2, 0) is 6.54 Å². The fourth-order valence-corrected chi connectivity index (χ4v) is 3.91. The van der Waals surface area contributed by atoms with Gasteiger partial charge in [0.05, 0.1) is 11.9 Å². The van der Waals surface area contributed by atoms with Crippen molar-refractivity contribution < 1.29 is 4.79 Å². The van der Waals surface area contributed by atoms with E-state index in [0.717, 1.165) is 50.2 Å². The van der Waals surface area contributed by atoms with Crippen LogP contribution in [0.3, 0.4) is 0 Å². The summed E-state index contributed by atoms with van der Waals surface area (Å²) in [6, 6.07) is 16.7. The molecule has 0 radical (unpaired) electrons. The largest absolute Gasteiger partial charge is 0.303 e. The molecule has 7 heteroatoms. The van der Waals surface area contributed by atoms with Crippen molar-refractivity contribution in [2.24, 2.45) is 5.10 Å². The molecule has 1 aliphatic rings. The van der Waals surface area contributed by atoms with Crippen LogP contribution in [0.4, 0.5) is 0 Å². The highest BCUT2D eigenvalue weighted by Gasteiger charge is 2.18. The van der Waals surface area contributed by atoms with Crippen LogP contribution in [0.2, 0.25) is 0 Å². The third kappa shape index (κ3) is 4.88. The van der Waals surface area contributed by atoms with E-state index in [1.54, 1.807) is 24.3 Å². The molecule has 1 fully saturated rings. The van der Waals surface area contributed by atoms with Gasteiger partial charge < -0.3 is 4.90 Å². The zero-order chi connectivity index (χ0) is 21.6. The maximum absolute atomic E-state index is 13.0. The summed E-state index contributed by atoms with van der Waals surface area (Å²) >= 11 is 0. The lowest BCUT2D eigenvalue weighted by Crippen LogP contribution is -2.35. The summed E-state index contributed by atoms with van der Waals surface area (Å²) in [5.41, 5.74) is 4.59. The summed E-state index contributed by atoms with van der Waals surface area (Å²) in [5.74, 6) is -0.401. The predicted molar refractivity (Wildman–Crippen MR) is 122 cm³/mol. The van der Waals surface area contributed by atoms with Gasteiger partial charge in [-0.2, -0.15) is 10.2 Å². The lowest BCUT2D eigenvalue weighted by atomic mass is 10.1. The Kier molecular flexibility index (Phi) is 6.52. The van der Waals surface area contributed by atoms with Gasteiger partial charge in [-0.25, -0.2) is 10.1 Å². The molecule has 7 nitrogen and oxygen atoms in total. The van der Waals surface area contributed by atoms with Gasteiger partial charge in [0.1, 0.15) is 0 Å². The van der Waals surface area contributed by atoms with Crippen molar-refractivity contribution in [2.75, 3.05) is 19.6 Å². The number of amides is 1. The monoisotopic (exact) mass is 417 g/mol. The van der Waals surface area contributed by atoms with Crippen LogP contribution in [0, 0.1) is 0 Å². The van der Waals surface area contributed by atoms with Crippen molar-refractivity contribution in [1.29, 1.82) is 0 Å². The Hall–Kier alpha value is -3.32. The maximum atomic E-state index is 13.0. The molecule has 31 heavy (non-hydrogen) atoms. The first-order valence-electron chi connectivity index (χ1n) is 10.8. The van der Waals surface area contributed by atoms with Gasteiger partial charge in [-0.3, -0.25) is 9.59 Å². The molecular formula is C24H27N5O2. The number of benzene rings is 2. The minimum atomic E-state index is -0.401. The third-order valence-corrected chi connectivity index (χ3v) is 5.55. The fraction of sp³-hybridized carbons (Fsp3) is 0.333. The summed E-state index contributed by atoms with van der Waals surface area (Å²) in [5, 5.41) is 9.78. The highest BCUT2D eigenvalue weighted by molar-refractivity contribution is 6.05. The van der Waals surface area contributed by atoms with Gasteiger partial charge in [-0.1, -0.05) is 55.5 Å². The molecule has 0 saturated carbocycles. The smallest absolute Gasteiger partial charge is 0.292 e. The van der Waals surface area contributed by atoms with E-state index in [0.29, 0.717) is 17.3 Å². The number of aromatic nitrogens is 2. The molecule has 2 heterocycles. The molecule has 1 amide bonds. The van der Waals surface area contributed by atoms with Crippen LogP contribution >= 0.6 is 0 Å². The topological polar surface area (TPSA) is 79.6 Å². The first-order chi connectivity index (χ1) is 15.2. The third-order valence-electron chi connectivity index (χ3n) is 5.55. The Balaban J connectivity index is 1.59. The quantitative estimate of drug-likeness (QED) is 0.625. The van der Waals surface area contributed by atoms with Crippen LogP contribution in [0.25, 0.3) is 10.8 Å². The number of piperidine rings is 1. The van der Waals surface area contributed by atoms with Gasteiger partial charge in [-0.15, -0.1) is 0 Å². The van der Waals surface area contributed by atoms with Crippen molar-refractivity contribution in [1.82, 2.24) is 20.1 Å². The maximum Gasteiger partial charge on any atom is 0.292 e. The number of carbonyl (C=O) groups is 1. The van der Waals surface area contributed by atoms with E-state index in [-0.39, 0.29) is 11.3 Å². The van der Waals surface area contributed by atoms with Crippen molar-refractivity contribution in [2.45, 2.75) is 32.7 Å². The normalized spacial score (nSPS) is 14.5. The number of likely N-dealkylation sites (tertiary alicyclic amines) is 1. The zero-order valence-electron chi connectivity index (χ0n) is 17.8. The van der Waals surface area contributed by atoms with Gasteiger partial charge in [0.2, 0.25) is 0 Å². The van der Waals surface area contributed by atoms with E-state index >= 15 is 0 Å². The van der Waals surface area contributed by atoms with Gasteiger partial charge in [0.25, 0.3) is 11.5 Å². The van der Waals surface area contributed by atoms with Crippen LogP contribution < -0.4 is 11.0 Å². The number of nitrogens with one attached hydrogen (secondary N) is 1. The molecule has 160 valence electrons. The van der Waals surface area contributed by atoms with Crippen molar-refractivity contribution in [3.63, 3.8) is 0 Å². The fourth-order valence-electron chi connectivity index (χ4n) is 3.91. The molecule has 0 unspecified atom stereocenters. The first kappa shape index (κ1) is 20.9. The number of rotatable bonds is 6. The van der Waals surface area contributed by atoms with E-state index in [1.165, 1.54) is 4.68 Å². The SMILES string of the molecule is CCCN1CCC(=NNC(=O)c2nn(Cc3ccccc3)c(=O)c3ccccc23)CC1. The van der Waals surface area contributed by atoms with Gasteiger partial charge in [-0.05, 0) is 24.6 Å². The first-order valence-corrected chi connectivity index (χ1v) is 10.8. The molecule has 1 aromatic heterocycles. The van der Waals surface area contributed by atoms with E-state index < -0.39 is 5.91 Å². The molecule has 2 aromatic carbocycles. The average molecular weight is 418 g/mol. The molecule has 0 spiro atoms. The van der Waals surface area contributed by atoms with Crippen LogP contribution in [0.1, 0.15) is 42.2 Å². The van der Waals surface area contributed by atoms with Crippen molar-refractivity contribution in [3.8, 4) is 0 Å². The zero-order valence-corrected chi connectivity index (χ0v) is 17.8. The van der Waals surface area contributed by atoms with Crippen LogP contribution in [0.15, 0.2) is 64.5 Å². The van der Waals surface area contributed by atoms with Crippen molar-refractivity contribution in [3.05, 3.63) is 76.2 Å². The van der Waals surface area contributed by atoms with Crippen molar-refractivity contribution >= 4 is 22.4 Å². The Morgan fingerprint density at radius 2 is 1.71 bits per heavy atom. The molecule has 4 rings (SSSR count). The molecule has 0 atom stereocenters. The molecule has 1 N–H and O–H groups in total. The van der Waals surface area contributed by atoms with Gasteiger partial charge in [0.15, 0.2) is 5.69 Å². The Morgan fingerprint density at radius 3 is 2.42 bits per heavy atom.